The van der Waals surface area contributed by atoms with Gasteiger partial charge >= 0.3 is 0 Å². The first kappa shape index (κ1) is 16.0. The number of rotatable bonds is 2. The van der Waals surface area contributed by atoms with Crippen molar-refractivity contribution in [3.8, 4) is 0 Å². The highest BCUT2D eigenvalue weighted by molar-refractivity contribution is 6.29. The molecule has 0 aromatic carbocycles. The molecular weight excluding hydrogens is 368 g/mol. The maximum absolute atomic E-state index is 13.2. The number of amides is 1. The largest absolute Gasteiger partial charge is 0.348 e. The van der Waals surface area contributed by atoms with Gasteiger partial charge in [-0.1, -0.05) is 17.7 Å². The molecule has 1 aliphatic heterocycles. The van der Waals surface area contributed by atoms with E-state index in [-0.39, 0.29) is 11.7 Å². The van der Waals surface area contributed by atoms with Gasteiger partial charge in [0.15, 0.2) is 0 Å². The molecule has 10 heteroatoms. The Hall–Kier alpha value is -3.20. The molecule has 27 heavy (non-hydrogen) atoms. The van der Waals surface area contributed by atoms with E-state index < -0.39 is 6.04 Å². The molecule has 4 aromatic rings. The highest BCUT2D eigenvalue weighted by atomic mass is 35.5. The standard InChI is InChI=1S/C17H15ClN8O/c1-24-16(21-9-22-24)17(27)25-6-5-11-14(20-8-19-11)15(25)12-7-10-3-2-4-13(18)26(10)23-12/h2-4,7-9,15H,5-6H2,1H3,(H,19,20). The SMILES string of the molecule is Cn1ncnc1C(=O)N1CCc2[nH]cnc2C1c1cc2cccc(Cl)n2n1. The molecule has 1 amide bonds. The summed E-state index contributed by atoms with van der Waals surface area (Å²) in [6.45, 7) is 0.521. The number of aryl methyl sites for hydroxylation is 1. The van der Waals surface area contributed by atoms with Crippen LogP contribution in [0.2, 0.25) is 5.15 Å². The lowest BCUT2D eigenvalue weighted by Gasteiger charge is -2.33. The molecule has 1 aliphatic rings. The van der Waals surface area contributed by atoms with Gasteiger partial charge in [-0.2, -0.15) is 10.2 Å². The van der Waals surface area contributed by atoms with E-state index in [0.717, 1.165) is 16.9 Å². The average molecular weight is 383 g/mol. The van der Waals surface area contributed by atoms with Gasteiger partial charge in [0.05, 0.1) is 23.2 Å². The van der Waals surface area contributed by atoms with E-state index >= 15 is 0 Å². The minimum absolute atomic E-state index is 0.211. The molecule has 0 aliphatic carbocycles. The van der Waals surface area contributed by atoms with Gasteiger partial charge in [0.1, 0.15) is 17.5 Å². The number of hydrogen-bond donors (Lipinski definition) is 1. The second kappa shape index (κ2) is 5.92. The van der Waals surface area contributed by atoms with Crippen LogP contribution in [-0.2, 0) is 13.5 Å². The lowest BCUT2D eigenvalue weighted by molar-refractivity contribution is 0.0669. The number of aromatic amines is 1. The molecule has 1 N–H and O–H groups in total. The highest BCUT2D eigenvalue weighted by Gasteiger charge is 2.37. The summed E-state index contributed by atoms with van der Waals surface area (Å²) in [5, 5.41) is 9.16. The number of H-pyrrole nitrogens is 1. The van der Waals surface area contributed by atoms with Crippen molar-refractivity contribution in [1.82, 2.24) is 39.2 Å². The number of pyridine rings is 1. The van der Waals surface area contributed by atoms with Crippen LogP contribution < -0.4 is 0 Å². The summed E-state index contributed by atoms with van der Waals surface area (Å²) in [5.41, 5.74) is 3.35. The maximum atomic E-state index is 13.2. The summed E-state index contributed by atoms with van der Waals surface area (Å²) < 4.78 is 3.13. The number of fused-ring (bicyclic) bond motifs is 2. The monoisotopic (exact) mass is 382 g/mol. The summed E-state index contributed by atoms with van der Waals surface area (Å²) >= 11 is 6.27. The van der Waals surface area contributed by atoms with Crippen LogP contribution in [0.1, 0.15) is 33.7 Å². The quantitative estimate of drug-likeness (QED) is 0.531. The number of nitrogens with one attached hydrogen (secondary N) is 1. The van der Waals surface area contributed by atoms with Crippen LogP contribution in [0.3, 0.4) is 0 Å². The lowest BCUT2D eigenvalue weighted by atomic mass is 9.99. The molecule has 136 valence electrons. The summed E-state index contributed by atoms with van der Waals surface area (Å²) in [6, 6.07) is 7.06. The molecule has 0 bridgehead atoms. The second-order valence-electron chi connectivity index (χ2n) is 6.38. The number of carbonyl (C=O) groups is 1. The van der Waals surface area contributed by atoms with E-state index in [4.69, 9.17) is 11.6 Å². The Morgan fingerprint density at radius 1 is 1.33 bits per heavy atom. The fourth-order valence-corrected chi connectivity index (χ4v) is 3.76. The van der Waals surface area contributed by atoms with Gasteiger partial charge in [0.25, 0.3) is 5.91 Å². The zero-order valence-electron chi connectivity index (χ0n) is 14.4. The van der Waals surface area contributed by atoms with Crippen LogP contribution in [-0.4, -0.2) is 51.7 Å². The lowest BCUT2D eigenvalue weighted by Crippen LogP contribution is -2.42. The minimum atomic E-state index is -0.430. The van der Waals surface area contributed by atoms with Gasteiger partial charge in [0.2, 0.25) is 5.82 Å². The smallest absolute Gasteiger partial charge is 0.292 e. The van der Waals surface area contributed by atoms with Gasteiger partial charge in [-0.05, 0) is 18.2 Å². The van der Waals surface area contributed by atoms with Crippen LogP contribution in [0.5, 0.6) is 0 Å². The molecule has 1 atom stereocenters. The number of nitrogens with zero attached hydrogens (tertiary/aromatic N) is 7. The first-order valence-electron chi connectivity index (χ1n) is 8.45. The Balaban J connectivity index is 1.66. The van der Waals surface area contributed by atoms with Crippen LogP contribution in [0.25, 0.3) is 5.52 Å². The summed E-state index contributed by atoms with van der Waals surface area (Å²) in [7, 11) is 1.70. The molecule has 1 unspecified atom stereocenters. The Labute approximate surface area is 158 Å². The number of hydrogen-bond acceptors (Lipinski definition) is 5. The van der Waals surface area contributed by atoms with Gasteiger partial charge in [-0.25, -0.2) is 19.2 Å². The fourth-order valence-electron chi connectivity index (χ4n) is 3.55. The van der Waals surface area contributed by atoms with E-state index in [9.17, 15) is 4.79 Å². The van der Waals surface area contributed by atoms with E-state index in [1.807, 2.05) is 18.2 Å². The minimum Gasteiger partial charge on any atom is -0.348 e. The predicted octanol–water partition coefficient (Wildman–Crippen LogP) is 1.63. The van der Waals surface area contributed by atoms with Gasteiger partial charge in [-0.3, -0.25) is 4.79 Å². The normalized spacial score (nSPS) is 16.7. The third-order valence-corrected chi connectivity index (χ3v) is 5.11. The van der Waals surface area contributed by atoms with E-state index in [1.165, 1.54) is 11.0 Å². The van der Waals surface area contributed by atoms with Crippen molar-refractivity contribution < 1.29 is 4.79 Å². The Bertz CT molecular complexity index is 1160. The maximum Gasteiger partial charge on any atom is 0.292 e. The fraction of sp³-hybridized carbons (Fsp3) is 0.235. The number of imidazole rings is 1. The third kappa shape index (κ3) is 2.42. The summed E-state index contributed by atoms with van der Waals surface area (Å²) in [4.78, 5) is 26.7. The molecule has 0 spiro atoms. The van der Waals surface area contributed by atoms with Crippen LogP contribution in [0, 0.1) is 0 Å². The van der Waals surface area contributed by atoms with Crippen LogP contribution in [0.4, 0.5) is 0 Å². The summed E-state index contributed by atoms with van der Waals surface area (Å²) in [6.07, 6.45) is 3.71. The van der Waals surface area contributed by atoms with Gasteiger partial charge in [0, 0.05) is 25.7 Å². The zero-order chi connectivity index (χ0) is 18.5. The average Bonchev–Trinajstić information content (AvgIpc) is 3.39. The van der Waals surface area contributed by atoms with Gasteiger partial charge < -0.3 is 9.88 Å². The zero-order valence-corrected chi connectivity index (χ0v) is 15.1. The number of halogens is 1. The third-order valence-electron chi connectivity index (χ3n) is 4.83. The Morgan fingerprint density at radius 3 is 3.00 bits per heavy atom. The first-order chi connectivity index (χ1) is 13.1. The predicted molar refractivity (Wildman–Crippen MR) is 96.4 cm³/mol. The van der Waals surface area contributed by atoms with Crippen molar-refractivity contribution in [3.05, 3.63) is 65.0 Å². The van der Waals surface area contributed by atoms with Crippen molar-refractivity contribution in [3.63, 3.8) is 0 Å². The second-order valence-corrected chi connectivity index (χ2v) is 6.77. The van der Waals surface area contributed by atoms with Crippen molar-refractivity contribution in [2.75, 3.05) is 6.54 Å². The molecule has 0 radical (unpaired) electrons. The first-order valence-corrected chi connectivity index (χ1v) is 8.82. The molecule has 9 nitrogen and oxygen atoms in total. The van der Waals surface area contributed by atoms with Crippen molar-refractivity contribution in [2.45, 2.75) is 12.5 Å². The molecule has 5 rings (SSSR count). The molecular formula is C17H15ClN8O. The number of aromatic nitrogens is 7. The highest BCUT2D eigenvalue weighted by Crippen LogP contribution is 2.34. The molecule has 0 saturated heterocycles. The molecule has 4 aromatic heterocycles. The molecule has 5 heterocycles. The van der Waals surface area contributed by atoms with Crippen molar-refractivity contribution in [2.24, 2.45) is 7.05 Å². The van der Waals surface area contributed by atoms with E-state index in [1.54, 1.807) is 28.9 Å². The van der Waals surface area contributed by atoms with Crippen LogP contribution >= 0.6 is 11.6 Å². The molecule has 0 fully saturated rings. The van der Waals surface area contributed by atoms with Crippen molar-refractivity contribution in [1.29, 1.82) is 0 Å². The Morgan fingerprint density at radius 2 is 2.22 bits per heavy atom. The van der Waals surface area contributed by atoms with Crippen LogP contribution in [0.15, 0.2) is 36.9 Å². The van der Waals surface area contributed by atoms with Crippen molar-refractivity contribution >= 4 is 23.0 Å². The van der Waals surface area contributed by atoms with E-state index in [2.05, 4.69) is 25.1 Å². The topological polar surface area (TPSA) is 97.0 Å². The van der Waals surface area contributed by atoms with E-state index in [0.29, 0.717) is 23.8 Å². The van der Waals surface area contributed by atoms with Gasteiger partial charge in [-0.15, -0.1) is 0 Å². The number of carbonyl (C=O) groups excluding carboxylic acids is 1. The summed E-state index contributed by atoms with van der Waals surface area (Å²) in [5.74, 6) is 0.0672. The molecule has 0 saturated carbocycles. The Kier molecular flexibility index (Phi) is 3.51.